The summed E-state index contributed by atoms with van der Waals surface area (Å²) in [4.78, 5) is 18.6. The van der Waals surface area contributed by atoms with Crippen LogP contribution in [-0.2, 0) is 15.6 Å². The van der Waals surface area contributed by atoms with Crippen molar-refractivity contribution >= 4 is 21.5 Å². The smallest absolute Gasteiger partial charge is 0.353 e. The van der Waals surface area contributed by atoms with Gasteiger partial charge in [0.25, 0.3) is 5.40 Å². The maximum atomic E-state index is 11.7. The van der Waals surface area contributed by atoms with Gasteiger partial charge in [-0.3, -0.25) is 4.57 Å². The predicted octanol–water partition coefficient (Wildman–Crippen LogP) is 5.44. The quantitative estimate of drug-likeness (QED) is 0.332. The summed E-state index contributed by atoms with van der Waals surface area (Å²) >= 11 is 0. The van der Waals surface area contributed by atoms with Crippen LogP contribution in [0.2, 0.25) is 0 Å². The van der Waals surface area contributed by atoms with Crippen LogP contribution in [0.1, 0.15) is 57.6 Å². The summed E-state index contributed by atoms with van der Waals surface area (Å²) in [5, 5.41) is 7.67. The van der Waals surface area contributed by atoms with Gasteiger partial charge in [-0.05, 0) is 57.6 Å². The summed E-state index contributed by atoms with van der Waals surface area (Å²) in [7, 11) is -6.77. The topological polar surface area (TPSA) is 94.8 Å². The van der Waals surface area contributed by atoms with Crippen LogP contribution in [0.4, 0.5) is 0 Å². The van der Waals surface area contributed by atoms with Crippen molar-refractivity contribution in [2.45, 2.75) is 58.3 Å². The zero-order valence-corrected chi connectivity index (χ0v) is 18.1. The third-order valence-electron chi connectivity index (χ3n) is 4.27. The first-order valence-corrected chi connectivity index (χ1v) is 12.3. The predicted molar refractivity (Wildman–Crippen MR) is 112 cm³/mol. The molecule has 3 N–H and O–H groups in total. The number of allylic oxidation sites excluding steroid dienone is 3. The molecule has 0 aliphatic rings. The number of hydrogen-bond acceptors (Lipinski definition) is 3. The SMILES string of the molecule is CC(C)=CCC/C(C)=C/c1ccc(CCCC([P+](=O)CO)P(=O)(O)O)cc1. The van der Waals surface area contributed by atoms with Crippen LogP contribution in [0.25, 0.3) is 6.08 Å². The summed E-state index contributed by atoms with van der Waals surface area (Å²) in [5.74, 6) is 0. The third-order valence-corrected chi connectivity index (χ3v) is 8.18. The monoisotopic (exact) mass is 413 g/mol. The number of aliphatic hydroxyl groups excluding tert-OH is 1. The van der Waals surface area contributed by atoms with Crippen LogP contribution in [-0.4, -0.2) is 26.6 Å². The van der Waals surface area contributed by atoms with E-state index in [9.17, 15) is 18.9 Å². The van der Waals surface area contributed by atoms with Crippen LogP contribution in [0, 0.1) is 0 Å². The van der Waals surface area contributed by atoms with E-state index in [2.05, 4.69) is 32.9 Å². The summed E-state index contributed by atoms with van der Waals surface area (Å²) in [5.41, 5.74) is 4.84. The van der Waals surface area contributed by atoms with Crippen LogP contribution < -0.4 is 0 Å². The zero-order chi connectivity index (χ0) is 20.4. The Morgan fingerprint density at radius 3 is 2.33 bits per heavy atom. The van der Waals surface area contributed by atoms with Crippen LogP contribution in [0.5, 0.6) is 0 Å². The van der Waals surface area contributed by atoms with E-state index in [1.165, 1.54) is 11.1 Å². The van der Waals surface area contributed by atoms with Crippen molar-refractivity contribution in [2.75, 3.05) is 6.35 Å². The van der Waals surface area contributed by atoms with Gasteiger partial charge in [0.15, 0.2) is 0 Å². The molecule has 0 aromatic heterocycles. The first kappa shape index (κ1) is 23.9. The van der Waals surface area contributed by atoms with E-state index in [-0.39, 0.29) is 6.42 Å². The highest BCUT2D eigenvalue weighted by atomic mass is 31.2. The fourth-order valence-electron chi connectivity index (χ4n) is 2.79. The normalized spacial score (nSPS) is 14.0. The summed E-state index contributed by atoms with van der Waals surface area (Å²) < 4.78 is 23.1. The molecular formula is C20H31O5P2+. The van der Waals surface area contributed by atoms with Gasteiger partial charge in [0.2, 0.25) is 6.35 Å². The molecule has 0 heterocycles. The van der Waals surface area contributed by atoms with E-state index >= 15 is 0 Å². The summed E-state index contributed by atoms with van der Waals surface area (Å²) in [6.07, 6.45) is 7.06. The van der Waals surface area contributed by atoms with Crippen molar-refractivity contribution in [1.29, 1.82) is 0 Å². The zero-order valence-electron chi connectivity index (χ0n) is 16.3. The number of hydrogen-bond donors (Lipinski definition) is 3. The largest absolute Gasteiger partial charge is 0.382 e. The van der Waals surface area contributed by atoms with Gasteiger partial charge >= 0.3 is 15.4 Å². The molecule has 5 nitrogen and oxygen atoms in total. The standard InChI is InChI=1S/C20H30O5P2/c1-16(2)6-4-7-17(3)14-19-12-10-18(11-13-19)8-5-9-20(26(22)15-21)27(23,24)25/h6,10-14,20-21H,4-5,7-9,15H2,1-3H3,(H-,23,24,25)/p+1/b17-14+. The maximum absolute atomic E-state index is 11.7. The van der Waals surface area contributed by atoms with Gasteiger partial charge in [0, 0.05) is 6.42 Å². The number of rotatable bonds is 11. The number of aryl methyl sites for hydroxylation is 1. The van der Waals surface area contributed by atoms with Crippen molar-refractivity contribution < 1.29 is 24.0 Å². The first-order valence-electron chi connectivity index (χ1n) is 9.12. The van der Waals surface area contributed by atoms with Gasteiger partial charge in [-0.2, -0.15) is 0 Å². The molecule has 0 aliphatic carbocycles. The lowest BCUT2D eigenvalue weighted by Crippen LogP contribution is -2.05. The molecule has 7 heteroatoms. The van der Waals surface area contributed by atoms with E-state index in [0.717, 1.165) is 24.0 Å². The van der Waals surface area contributed by atoms with Gasteiger partial charge in [-0.1, -0.05) is 52.1 Å². The Kier molecular flexibility index (Phi) is 10.4. The molecule has 2 unspecified atom stereocenters. The molecule has 0 radical (unpaired) electrons. The highest BCUT2D eigenvalue weighted by molar-refractivity contribution is 7.67. The molecule has 27 heavy (non-hydrogen) atoms. The molecule has 0 saturated heterocycles. The summed E-state index contributed by atoms with van der Waals surface area (Å²) in [6, 6.07) is 8.09. The molecule has 1 aromatic carbocycles. The van der Waals surface area contributed by atoms with Crippen LogP contribution in [0.3, 0.4) is 0 Å². The Balaban J connectivity index is 2.58. The second-order valence-corrected chi connectivity index (χ2v) is 11.0. The lowest BCUT2D eigenvalue weighted by atomic mass is 10.0. The van der Waals surface area contributed by atoms with Gasteiger partial charge in [-0.15, -0.1) is 0 Å². The second-order valence-electron chi connectivity index (χ2n) is 7.07. The van der Waals surface area contributed by atoms with Gasteiger partial charge in [-0.25, -0.2) is 0 Å². The van der Waals surface area contributed by atoms with Crippen molar-refractivity contribution in [3.63, 3.8) is 0 Å². The Morgan fingerprint density at radius 1 is 1.19 bits per heavy atom. The Labute approximate surface area is 163 Å². The molecule has 2 atom stereocenters. The highest BCUT2D eigenvalue weighted by Crippen LogP contribution is 2.55. The van der Waals surface area contributed by atoms with Crippen molar-refractivity contribution in [3.05, 3.63) is 52.6 Å². The van der Waals surface area contributed by atoms with Crippen molar-refractivity contribution in [3.8, 4) is 0 Å². The maximum Gasteiger partial charge on any atom is 0.382 e. The van der Waals surface area contributed by atoms with E-state index in [4.69, 9.17) is 5.11 Å². The van der Waals surface area contributed by atoms with Gasteiger partial charge < -0.3 is 14.9 Å². The molecule has 150 valence electrons. The van der Waals surface area contributed by atoms with Crippen LogP contribution >= 0.6 is 15.4 Å². The third kappa shape index (κ3) is 9.60. The van der Waals surface area contributed by atoms with Crippen molar-refractivity contribution in [2.24, 2.45) is 0 Å². The highest BCUT2D eigenvalue weighted by Gasteiger charge is 2.43. The Bertz CT molecular complexity index is 712. The minimum atomic E-state index is -4.46. The van der Waals surface area contributed by atoms with E-state index < -0.39 is 27.1 Å². The Hall–Kier alpha value is -1.09. The lowest BCUT2D eigenvalue weighted by molar-refractivity contribution is 0.350. The minimum Gasteiger partial charge on any atom is -0.353 e. The molecule has 0 bridgehead atoms. The van der Waals surface area contributed by atoms with Crippen LogP contribution in [0.15, 0.2) is 41.5 Å². The summed E-state index contributed by atoms with van der Waals surface area (Å²) in [6.45, 7) is 6.32. The van der Waals surface area contributed by atoms with E-state index in [1.54, 1.807) is 0 Å². The van der Waals surface area contributed by atoms with E-state index in [1.807, 2.05) is 24.3 Å². The molecule has 0 saturated carbocycles. The fourth-order valence-corrected chi connectivity index (χ4v) is 5.53. The second kappa shape index (κ2) is 11.7. The van der Waals surface area contributed by atoms with E-state index in [0.29, 0.717) is 12.8 Å². The van der Waals surface area contributed by atoms with Gasteiger partial charge in [0.1, 0.15) is 0 Å². The van der Waals surface area contributed by atoms with Crippen molar-refractivity contribution in [1.82, 2.24) is 0 Å². The molecule has 0 fully saturated rings. The molecule has 0 aliphatic heterocycles. The average molecular weight is 413 g/mol. The van der Waals surface area contributed by atoms with Gasteiger partial charge in [0.05, 0.1) is 0 Å². The lowest BCUT2D eigenvalue weighted by Gasteiger charge is -2.09. The molecule has 1 aromatic rings. The minimum absolute atomic E-state index is 0.130. The first-order chi connectivity index (χ1) is 12.6. The molecule has 0 amide bonds. The fraction of sp³-hybridized carbons (Fsp3) is 0.500. The molecule has 1 rings (SSSR count). The number of aliphatic hydroxyl groups is 1. The average Bonchev–Trinajstić information content (AvgIpc) is 2.58. The Morgan fingerprint density at radius 2 is 1.81 bits per heavy atom. The molecule has 0 spiro atoms. The molecular weight excluding hydrogens is 382 g/mol. The number of benzene rings is 1.